The minimum absolute atomic E-state index is 0.136. The van der Waals surface area contributed by atoms with E-state index in [1.807, 2.05) is 54.7 Å². The Bertz CT molecular complexity index is 1560. The number of rotatable bonds is 7. The number of carbonyl (C=O) groups excluding carboxylic acids is 1. The number of nitrogens with zero attached hydrogens (tertiary/aromatic N) is 5. The van der Waals surface area contributed by atoms with E-state index in [1.54, 1.807) is 10.7 Å². The standard InChI is InChI=1S/C29H29ClN8O/c1-19-13-20(29(39)33-19)14-21-17-32-38-27(16-26(36-28(21)38)34-24-7-4-5-22(30)15-24)35-23-8-11-37(12-9-23)18-25-6-2-3-10-31-25/h2-7,10,14-17,23,35H,1,8-9,11-13,18H2,(H,33,39)(H,34,36)/b20-14+. The molecule has 3 N–H and O–H groups in total. The van der Waals surface area contributed by atoms with Crippen molar-refractivity contribution in [1.82, 2.24) is 29.8 Å². The fourth-order valence-electron chi connectivity index (χ4n) is 5.03. The van der Waals surface area contributed by atoms with E-state index < -0.39 is 0 Å². The number of allylic oxidation sites excluding steroid dienone is 1. The minimum Gasteiger partial charge on any atom is -0.367 e. The van der Waals surface area contributed by atoms with Gasteiger partial charge in [0.1, 0.15) is 11.6 Å². The van der Waals surface area contributed by atoms with Crippen molar-refractivity contribution < 1.29 is 4.79 Å². The average Bonchev–Trinajstić information content (AvgIpc) is 3.47. The maximum atomic E-state index is 12.3. The molecule has 2 fully saturated rings. The Morgan fingerprint density at radius 2 is 2.03 bits per heavy atom. The van der Waals surface area contributed by atoms with Crippen LogP contribution in [0.3, 0.4) is 0 Å². The highest BCUT2D eigenvalue weighted by Gasteiger charge is 2.23. The summed E-state index contributed by atoms with van der Waals surface area (Å²) >= 11 is 6.21. The highest BCUT2D eigenvalue weighted by molar-refractivity contribution is 6.30. The van der Waals surface area contributed by atoms with Crippen molar-refractivity contribution in [3.05, 3.63) is 95.1 Å². The van der Waals surface area contributed by atoms with Gasteiger partial charge in [-0.1, -0.05) is 30.3 Å². The van der Waals surface area contributed by atoms with E-state index in [1.165, 1.54) is 0 Å². The number of anilines is 3. The largest absolute Gasteiger partial charge is 0.367 e. The molecule has 0 saturated carbocycles. The fourth-order valence-corrected chi connectivity index (χ4v) is 5.22. The third-order valence-electron chi connectivity index (χ3n) is 6.96. The second-order valence-electron chi connectivity index (χ2n) is 9.92. The topological polar surface area (TPSA) is 99.5 Å². The predicted molar refractivity (Wildman–Crippen MR) is 154 cm³/mol. The van der Waals surface area contributed by atoms with Gasteiger partial charge in [0.15, 0.2) is 5.65 Å². The maximum absolute atomic E-state index is 12.3. The molecule has 4 aromatic rings. The number of pyridine rings is 1. The number of hydrogen-bond acceptors (Lipinski definition) is 7. The fraction of sp³-hybridized carbons (Fsp3) is 0.241. The van der Waals surface area contributed by atoms with Gasteiger partial charge in [0.05, 0.1) is 11.9 Å². The van der Waals surface area contributed by atoms with Gasteiger partial charge in [-0.25, -0.2) is 4.98 Å². The number of amides is 1. The normalized spacial score (nSPS) is 17.6. The lowest BCUT2D eigenvalue weighted by Gasteiger charge is -2.32. The van der Waals surface area contributed by atoms with Gasteiger partial charge in [-0.05, 0) is 49.2 Å². The van der Waals surface area contributed by atoms with Crippen LogP contribution in [-0.4, -0.2) is 49.5 Å². The van der Waals surface area contributed by atoms with Crippen molar-refractivity contribution in [2.75, 3.05) is 23.7 Å². The summed E-state index contributed by atoms with van der Waals surface area (Å²) in [5.74, 6) is 1.35. The molecule has 0 radical (unpaired) electrons. The Morgan fingerprint density at radius 1 is 1.15 bits per heavy atom. The van der Waals surface area contributed by atoms with Gasteiger partial charge < -0.3 is 16.0 Å². The van der Waals surface area contributed by atoms with Gasteiger partial charge in [0, 0.05) is 71.9 Å². The first-order valence-corrected chi connectivity index (χ1v) is 13.4. The summed E-state index contributed by atoms with van der Waals surface area (Å²) in [5, 5.41) is 15.1. The van der Waals surface area contributed by atoms with Crippen molar-refractivity contribution in [3.63, 3.8) is 0 Å². The van der Waals surface area contributed by atoms with Crippen LogP contribution in [0, 0.1) is 0 Å². The lowest BCUT2D eigenvalue weighted by molar-refractivity contribution is -0.115. The third kappa shape index (κ3) is 5.79. The van der Waals surface area contributed by atoms with Crippen molar-refractivity contribution in [1.29, 1.82) is 0 Å². The minimum atomic E-state index is -0.136. The van der Waals surface area contributed by atoms with Gasteiger partial charge in [-0.15, -0.1) is 0 Å². The molecule has 2 saturated heterocycles. The van der Waals surface area contributed by atoms with E-state index in [0.717, 1.165) is 55.2 Å². The smallest absolute Gasteiger partial charge is 0.251 e. The van der Waals surface area contributed by atoms with Gasteiger partial charge in [0.2, 0.25) is 0 Å². The van der Waals surface area contributed by atoms with Crippen LogP contribution in [0.15, 0.2) is 78.8 Å². The average molecular weight is 541 g/mol. The third-order valence-corrected chi connectivity index (χ3v) is 7.20. The van der Waals surface area contributed by atoms with Crippen molar-refractivity contribution in [3.8, 4) is 0 Å². The Morgan fingerprint density at radius 3 is 2.77 bits per heavy atom. The second kappa shape index (κ2) is 10.9. The first-order valence-electron chi connectivity index (χ1n) is 13.0. The molecule has 1 aromatic carbocycles. The SMILES string of the molecule is C=C1C/C(=C\c2cnn3c(NC4CCN(Cc5ccccn5)CC4)cc(Nc4cccc(Cl)c4)nc23)C(=O)N1. The molecule has 2 aliphatic rings. The van der Waals surface area contributed by atoms with Gasteiger partial charge in [0.25, 0.3) is 5.91 Å². The van der Waals surface area contributed by atoms with Crippen LogP contribution in [0.4, 0.5) is 17.3 Å². The Balaban J connectivity index is 1.26. The lowest BCUT2D eigenvalue weighted by Crippen LogP contribution is -2.39. The summed E-state index contributed by atoms with van der Waals surface area (Å²) in [7, 11) is 0. The molecular weight excluding hydrogens is 512 g/mol. The van der Waals surface area contributed by atoms with E-state index >= 15 is 0 Å². The summed E-state index contributed by atoms with van der Waals surface area (Å²) in [6.45, 7) is 6.69. The lowest BCUT2D eigenvalue weighted by atomic mass is 10.0. The summed E-state index contributed by atoms with van der Waals surface area (Å²) < 4.78 is 1.80. The van der Waals surface area contributed by atoms with Gasteiger partial charge in [-0.2, -0.15) is 9.61 Å². The first-order chi connectivity index (χ1) is 19.0. The van der Waals surface area contributed by atoms with Crippen molar-refractivity contribution in [2.45, 2.75) is 31.8 Å². The maximum Gasteiger partial charge on any atom is 0.251 e. The Kier molecular flexibility index (Phi) is 7.00. The van der Waals surface area contributed by atoms with Crippen LogP contribution < -0.4 is 16.0 Å². The highest BCUT2D eigenvalue weighted by atomic mass is 35.5. The zero-order chi connectivity index (χ0) is 26.8. The predicted octanol–water partition coefficient (Wildman–Crippen LogP) is 5.01. The van der Waals surface area contributed by atoms with Crippen LogP contribution in [-0.2, 0) is 11.3 Å². The molecule has 0 bridgehead atoms. The molecule has 39 heavy (non-hydrogen) atoms. The van der Waals surface area contributed by atoms with Crippen LogP contribution in [0.5, 0.6) is 0 Å². The van der Waals surface area contributed by atoms with E-state index in [9.17, 15) is 4.79 Å². The summed E-state index contributed by atoms with van der Waals surface area (Å²) in [6.07, 6.45) is 7.90. The molecule has 3 aromatic heterocycles. The number of likely N-dealkylation sites (tertiary alicyclic amines) is 1. The molecule has 0 spiro atoms. The molecule has 2 aliphatic heterocycles. The van der Waals surface area contributed by atoms with Crippen LogP contribution in [0.1, 0.15) is 30.5 Å². The second-order valence-corrected chi connectivity index (χ2v) is 10.4. The quantitative estimate of drug-likeness (QED) is 0.283. The number of aromatic nitrogens is 4. The first kappa shape index (κ1) is 25.1. The van der Waals surface area contributed by atoms with E-state index in [4.69, 9.17) is 16.6 Å². The Hall–Kier alpha value is -4.21. The number of piperidine rings is 1. The van der Waals surface area contributed by atoms with E-state index in [-0.39, 0.29) is 11.9 Å². The van der Waals surface area contributed by atoms with Gasteiger partial charge >= 0.3 is 0 Å². The molecule has 6 rings (SSSR count). The summed E-state index contributed by atoms with van der Waals surface area (Å²) in [4.78, 5) is 24.1. The summed E-state index contributed by atoms with van der Waals surface area (Å²) in [6, 6.07) is 15.8. The molecule has 1 amide bonds. The molecule has 0 aliphatic carbocycles. The van der Waals surface area contributed by atoms with Crippen LogP contribution in [0.2, 0.25) is 5.02 Å². The van der Waals surface area contributed by atoms with Crippen LogP contribution in [0.25, 0.3) is 11.7 Å². The molecule has 9 nitrogen and oxygen atoms in total. The number of nitrogens with one attached hydrogen (secondary N) is 3. The van der Waals surface area contributed by atoms with Crippen LogP contribution >= 0.6 is 11.6 Å². The Labute approximate surface area is 231 Å². The van der Waals surface area contributed by atoms with E-state index in [0.29, 0.717) is 34.2 Å². The molecule has 0 unspecified atom stereocenters. The van der Waals surface area contributed by atoms with E-state index in [2.05, 4.69) is 43.6 Å². The zero-order valence-corrected chi connectivity index (χ0v) is 22.2. The number of hydrogen-bond donors (Lipinski definition) is 3. The molecule has 5 heterocycles. The number of benzene rings is 1. The number of fused-ring (bicyclic) bond motifs is 1. The highest BCUT2D eigenvalue weighted by Crippen LogP contribution is 2.27. The monoisotopic (exact) mass is 540 g/mol. The van der Waals surface area contributed by atoms with Gasteiger partial charge in [-0.3, -0.25) is 14.7 Å². The number of halogens is 1. The zero-order valence-electron chi connectivity index (χ0n) is 21.4. The molecule has 0 atom stereocenters. The molecule has 198 valence electrons. The summed E-state index contributed by atoms with van der Waals surface area (Å²) in [5.41, 5.74) is 4.66. The molecule has 10 heteroatoms. The van der Waals surface area contributed by atoms with Crippen molar-refractivity contribution in [2.24, 2.45) is 0 Å². The van der Waals surface area contributed by atoms with Crippen molar-refractivity contribution >= 4 is 46.6 Å². The molecular formula is C29H29ClN8O. The number of carbonyl (C=O) groups is 1.